The molecule has 2 atom stereocenters. The van der Waals surface area contributed by atoms with Crippen molar-refractivity contribution in [2.45, 2.75) is 31.7 Å². The number of benzene rings is 3. The zero-order valence-corrected chi connectivity index (χ0v) is 23.1. The van der Waals surface area contributed by atoms with Crippen LogP contribution >= 0.6 is 0 Å². The summed E-state index contributed by atoms with van der Waals surface area (Å²) in [6.07, 6.45) is 1.14. The average molecular weight is 571 g/mol. The Morgan fingerprint density at radius 1 is 1.02 bits per heavy atom. The molecule has 0 aliphatic carbocycles. The van der Waals surface area contributed by atoms with Crippen LogP contribution in [-0.4, -0.2) is 79.7 Å². The molecule has 2 aliphatic rings. The van der Waals surface area contributed by atoms with Gasteiger partial charge in [-0.05, 0) is 29.3 Å². The molecule has 0 radical (unpaired) electrons. The molecule has 0 saturated carbocycles. The molecule has 2 fully saturated rings. The second-order valence-electron chi connectivity index (χ2n) is 10.4. The number of hydrogen-bond acceptors (Lipinski definition) is 7. The molecule has 0 spiro atoms. The number of amides is 4. The quantitative estimate of drug-likeness (QED) is 0.176. The topological polar surface area (TPSA) is 143 Å². The number of carbonyl (C=O) groups is 3. The summed E-state index contributed by atoms with van der Waals surface area (Å²) in [4.78, 5) is 44.0. The molecule has 2 saturated heterocycles. The molecule has 3 aromatic carbocycles. The summed E-state index contributed by atoms with van der Waals surface area (Å²) in [5.74, 6) is -0.584. The Morgan fingerprint density at radius 2 is 1.76 bits per heavy atom. The van der Waals surface area contributed by atoms with Gasteiger partial charge in [-0.3, -0.25) is 14.6 Å². The lowest BCUT2D eigenvalue weighted by Gasteiger charge is -2.46. The molecule has 5 N–H and O–H groups in total. The number of para-hydroxylation sites is 1. The molecule has 3 aromatic rings. The smallest absolute Gasteiger partial charge is 0.332 e. The Hall–Kier alpha value is -5.03. The summed E-state index contributed by atoms with van der Waals surface area (Å²) in [6.45, 7) is 4.31. The fraction of sp³-hybridized carbons (Fsp3) is 0.258. The number of aromatic hydroxyl groups is 2. The summed E-state index contributed by atoms with van der Waals surface area (Å²) in [5.41, 5.74) is 8.26. The van der Waals surface area contributed by atoms with Gasteiger partial charge in [0.05, 0.1) is 25.3 Å². The van der Waals surface area contributed by atoms with Crippen LogP contribution in [0.3, 0.4) is 0 Å². The normalized spacial score (nSPS) is 18.6. The number of nitrogens with zero attached hydrogens (tertiary/aromatic N) is 4. The van der Waals surface area contributed by atoms with Crippen LogP contribution in [0.4, 0.5) is 10.5 Å². The number of phenols is 2. The molecule has 0 aromatic heterocycles. The SMILES string of the molecule is C=CCN(C(=O)NCc1ccccc1)N1CC(=O)N2[C@@H](Cc3ccc(O)cc3)C(=O)N(Cc3cccc(N)c3O)C[C@@H]21. The standard InChI is InChI=1S/C31H34N6O5/c1-2-15-35(31(42)33-17-22-7-4-3-5-8-22)36-20-28(39)37-26(16-21-11-13-24(38)14-12-21)30(41)34(19-27(36)37)18-23-9-6-10-25(32)29(23)40/h2-14,26-27,38,40H,1,15-20,32H2,(H,33,42)/t26-,27+/m0/s1. The van der Waals surface area contributed by atoms with E-state index in [0.717, 1.165) is 11.1 Å². The van der Waals surface area contributed by atoms with E-state index in [-0.39, 0.29) is 61.6 Å². The number of nitrogens with two attached hydrogens (primary N) is 1. The van der Waals surface area contributed by atoms with Gasteiger partial charge in [0.15, 0.2) is 0 Å². The summed E-state index contributed by atoms with van der Waals surface area (Å²) in [5, 5.41) is 26.4. The number of nitrogens with one attached hydrogen (secondary N) is 1. The fourth-order valence-electron chi connectivity index (χ4n) is 5.48. The second kappa shape index (κ2) is 12.2. The summed E-state index contributed by atoms with van der Waals surface area (Å²) >= 11 is 0. The number of phenolic OH excluding ortho intramolecular Hbond substituents is 2. The highest BCUT2D eigenvalue weighted by molar-refractivity contribution is 5.92. The van der Waals surface area contributed by atoms with Crippen molar-refractivity contribution >= 4 is 23.5 Å². The molecule has 11 nitrogen and oxygen atoms in total. The van der Waals surface area contributed by atoms with Gasteiger partial charge in [0.25, 0.3) is 0 Å². The minimum Gasteiger partial charge on any atom is -0.508 e. The Kier molecular flexibility index (Phi) is 8.30. The molecule has 0 unspecified atom stereocenters. The zero-order chi connectivity index (χ0) is 29.8. The lowest BCUT2D eigenvalue weighted by atomic mass is 9.99. The van der Waals surface area contributed by atoms with Crippen LogP contribution < -0.4 is 11.1 Å². The van der Waals surface area contributed by atoms with Crippen LogP contribution in [0, 0.1) is 0 Å². The van der Waals surface area contributed by atoms with Crippen molar-refractivity contribution in [2.75, 3.05) is 25.4 Å². The zero-order valence-electron chi connectivity index (χ0n) is 23.1. The first-order valence-corrected chi connectivity index (χ1v) is 13.7. The number of hydrazine groups is 1. The minimum absolute atomic E-state index is 0.0653. The van der Waals surface area contributed by atoms with E-state index in [0.29, 0.717) is 12.1 Å². The van der Waals surface area contributed by atoms with E-state index in [4.69, 9.17) is 5.73 Å². The van der Waals surface area contributed by atoms with E-state index in [2.05, 4.69) is 11.9 Å². The first-order valence-electron chi connectivity index (χ1n) is 13.7. The lowest BCUT2D eigenvalue weighted by molar-refractivity contribution is -0.157. The van der Waals surface area contributed by atoms with Crippen molar-refractivity contribution < 1.29 is 24.6 Å². The Balaban J connectivity index is 1.45. The number of nitrogen functional groups attached to an aromatic ring is 1. The van der Waals surface area contributed by atoms with Crippen molar-refractivity contribution in [1.82, 2.24) is 25.1 Å². The van der Waals surface area contributed by atoms with Gasteiger partial charge in [-0.15, -0.1) is 6.58 Å². The van der Waals surface area contributed by atoms with E-state index in [1.54, 1.807) is 51.2 Å². The number of fused-ring (bicyclic) bond motifs is 1. The molecular weight excluding hydrogens is 536 g/mol. The Labute approximate surface area is 244 Å². The maximum atomic E-state index is 13.9. The van der Waals surface area contributed by atoms with Gasteiger partial charge in [0, 0.05) is 25.1 Å². The first-order chi connectivity index (χ1) is 20.3. The van der Waals surface area contributed by atoms with E-state index >= 15 is 0 Å². The Morgan fingerprint density at radius 3 is 2.48 bits per heavy atom. The maximum absolute atomic E-state index is 13.9. The maximum Gasteiger partial charge on any atom is 0.332 e. The van der Waals surface area contributed by atoms with E-state index < -0.39 is 18.2 Å². The molecule has 4 amide bonds. The van der Waals surface area contributed by atoms with Crippen LogP contribution in [0.1, 0.15) is 16.7 Å². The van der Waals surface area contributed by atoms with Crippen molar-refractivity contribution in [1.29, 1.82) is 0 Å². The van der Waals surface area contributed by atoms with Crippen LogP contribution in [-0.2, 0) is 29.1 Å². The summed E-state index contributed by atoms with van der Waals surface area (Å²) in [7, 11) is 0. The second-order valence-corrected chi connectivity index (χ2v) is 10.4. The molecule has 0 bridgehead atoms. The largest absolute Gasteiger partial charge is 0.508 e. The highest BCUT2D eigenvalue weighted by Crippen LogP contribution is 2.32. The molecule has 2 aliphatic heterocycles. The van der Waals surface area contributed by atoms with Crippen LogP contribution in [0.2, 0.25) is 0 Å². The van der Waals surface area contributed by atoms with Crippen LogP contribution in [0.15, 0.2) is 85.5 Å². The third kappa shape index (κ3) is 5.86. The van der Waals surface area contributed by atoms with Crippen molar-refractivity contribution in [3.05, 3.63) is 102 Å². The third-order valence-electron chi connectivity index (χ3n) is 7.58. The van der Waals surface area contributed by atoms with E-state index in [9.17, 15) is 24.6 Å². The summed E-state index contributed by atoms with van der Waals surface area (Å²) < 4.78 is 0. The van der Waals surface area contributed by atoms with Gasteiger partial charge in [0.1, 0.15) is 23.7 Å². The third-order valence-corrected chi connectivity index (χ3v) is 7.58. The van der Waals surface area contributed by atoms with Gasteiger partial charge in [-0.2, -0.15) is 5.01 Å². The highest BCUT2D eigenvalue weighted by atomic mass is 16.3. The van der Waals surface area contributed by atoms with Gasteiger partial charge in [0.2, 0.25) is 11.8 Å². The van der Waals surface area contributed by atoms with Gasteiger partial charge >= 0.3 is 6.03 Å². The molecule has 218 valence electrons. The van der Waals surface area contributed by atoms with Crippen molar-refractivity contribution in [3.63, 3.8) is 0 Å². The molecule has 2 heterocycles. The van der Waals surface area contributed by atoms with E-state index in [1.807, 2.05) is 30.3 Å². The van der Waals surface area contributed by atoms with Gasteiger partial charge < -0.3 is 31.1 Å². The fourth-order valence-corrected chi connectivity index (χ4v) is 5.48. The Bertz CT molecular complexity index is 1460. The number of piperazine rings is 1. The van der Waals surface area contributed by atoms with Crippen molar-refractivity contribution in [3.8, 4) is 11.5 Å². The molecule has 5 rings (SSSR count). The summed E-state index contributed by atoms with van der Waals surface area (Å²) in [6, 6.07) is 19.7. The van der Waals surface area contributed by atoms with E-state index in [1.165, 1.54) is 17.1 Å². The predicted molar refractivity (Wildman–Crippen MR) is 156 cm³/mol. The van der Waals surface area contributed by atoms with Crippen molar-refractivity contribution in [2.24, 2.45) is 0 Å². The number of rotatable bonds is 9. The minimum atomic E-state index is -0.869. The first kappa shape index (κ1) is 28.5. The molecular formula is C31H34N6O5. The number of anilines is 1. The molecule has 42 heavy (non-hydrogen) atoms. The molecule has 11 heteroatoms. The van der Waals surface area contributed by atoms with Gasteiger partial charge in [-0.25, -0.2) is 4.79 Å². The highest BCUT2D eigenvalue weighted by Gasteiger charge is 2.52. The van der Waals surface area contributed by atoms with Crippen LogP contribution in [0.25, 0.3) is 0 Å². The van der Waals surface area contributed by atoms with Gasteiger partial charge in [-0.1, -0.05) is 60.7 Å². The predicted octanol–water partition coefficient (Wildman–Crippen LogP) is 2.42. The lowest BCUT2D eigenvalue weighted by Crippen LogP contribution is -2.66. The number of hydrogen-bond donors (Lipinski definition) is 4. The monoisotopic (exact) mass is 570 g/mol. The van der Waals surface area contributed by atoms with Crippen LogP contribution in [0.5, 0.6) is 11.5 Å². The average Bonchev–Trinajstić information content (AvgIpc) is 3.31. The number of urea groups is 1. The number of carbonyl (C=O) groups excluding carboxylic acids is 3.